The van der Waals surface area contributed by atoms with Gasteiger partial charge in [-0.05, 0) is 38.6 Å². The van der Waals surface area contributed by atoms with Crippen LogP contribution in [-0.2, 0) is 16.1 Å². The molecule has 24 heavy (non-hydrogen) atoms. The Hall–Kier alpha value is -1.53. The molecular formula is C18H28N4O2. The fourth-order valence-electron chi connectivity index (χ4n) is 3.94. The summed E-state index contributed by atoms with van der Waals surface area (Å²) in [5.74, 6) is 0.298. The topological polar surface area (TPSA) is 58.6 Å². The lowest BCUT2D eigenvalue weighted by molar-refractivity contribution is -0.131. The highest BCUT2D eigenvalue weighted by Gasteiger charge is 2.32. The van der Waals surface area contributed by atoms with Gasteiger partial charge in [0.2, 0.25) is 5.91 Å². The average Bonchev–Trinajstić information content (AvgIpc) is 3.16. The van der Waals surface area contributed by atoms with Crippen molar-refractivity contribution in [1.29, 1.82) is 0 Å². The summed E-state index contributed by atoms with van der Waals surface area (Å²) in [4.78, 5) is 25.4. The minimum atomic E-state index is 0.196. The number of methoxy groups -OCH3 is 1. The van der Waals surface area contributed by atoms with E-state index in [1.807, 2.05) is 11.1 Å². The van der Waals surface area contributed by atoms with Crippen LogP contribution in [-0.4, -0.2) is 64.6 Å². The van der Waals surface area contributed by atoms with E-state index < -0.39 is 0 Å². The van der Waals surface area contributed by atoms with Crippen molar-refractivity contribution in [2.75, 3.05) is 26.7 Å². The summed E-state index contributed by atoms with van der Waals surface area (Å²) < 4.78 is 5.73. The molecule has 0 unspecified atom stereocenters. The lowest BCUT2D eigenvalue weighted by Gasteiger charge is -2.40. The number of nitrogens with zero attached hydrogens (tertiary/aromatic N) is 4. The van der Waals surface area contributed by atoms with Crippen LogP contribution in [0.5, 0.6) is 0 Å². The predicted octanol–water partition coefficient (Wildman–Crippen LogP) is 1.86. The highest BCUT2D eigenvalue weighted by molar-refractivity contribution is 5.76. The Labute approximate surface area is 144 Å². The molecule has 6 heteroatoms. The molecule has 0 bridgehead atoms. The minimum Gasteiger partial charge on any atom is -0.380 e. The van der Waals surface area contributed by atoms with Crippen LogP contribution in [0.4, 0.5) is 0 Å². The zero-order valence-electron chi connectivity index (χ0n) is 14.6. The second-order valence-corrected chi connectivity index (χ2v) is 6.78. The lowest BCUT2D eigenvalue weighted by atomic mass is 9.94. The summed E-state index contributed by atoms with van der Waals surface area (Å²) in [6.45, 7) is 3.66. The number of aromatic nitrogens is 2. The molecule has 2 aliphatic heterocycles. The maximum Gasteiger partial charge on any atom is 0.222 e. The van der Waals surface area contributed by atoms with E-state index in [-0.39, 0.29) is 12.1 Å². The van der Waals surface area contributed by atoms with Gasteiger partial charge in [0, 0.05) is 57.8 Å². The van der Waals surface area contributed by atoms with Crippen molar-refractivity contribution in [1.82, 2.24) is 19.8 Å². The van der Waals surface area contributed by atoms with E-state index in [9.17, 15) is 4.79 Å². The molecular weight excluding hydrogens is 304 g/mol. The van der Waals surface area contributed by atoms with Gasteiger partial charge in [-0.3, -0.25) is 19.7 Å². The second-order valence-electron chi connectivity index (χ2n) is 6.78. The maximum atomic E-state index is 12.4. The van der Waals surface area contributed by atoms with Crippen LogP contribution in [0.1, 0.15) is 44.2 Å². The monoisotopic (exact) mass is 332 g/mol. The Morgan fingerprint density at radius 1 is 1.25 bits per heavy atom. The standard InChI is InChI=1S/C18H28N4O2/c1-24-17-5-4-12-22(14-15-13-19-8-9-20-15)16(17)6-7-18(23)21-10-2-3-11-21/h8-9,13,16-17H,2-7,10-12,14H2,1H3/t16-,17-/m0/s1. The van der Waals surface area contributed by atoms with E-state index in [4.69, 9.17) is 4.74 Å². The molecule has 0 radical (unpaired) electrons. The van der Waals surface area contributed by atoms with Gasteiger partial charge < -0.3 is 9.64 Å². The lowest BCUT2D eigenvalue weighted by Crippen LogP contribution is -2.49. The van der Waals surface area contributed by atoms with Gasteiger partial charge >= 0.3 is 0 Å². The van der Waals surface area contributed by atoms with E-state index in [0.717, 1.165) is 64.0 Å². The number of hydrogen-bond acceptors (Lipinski definition) is 5. The molecule has 1 aromatic heterocycles. The zero-order chi connectivity index (χ0) is 16.8. The predicted molar refractivity (Wildman–Crippen MR) is 91.3 cm³/mol. The number of amides is 1. The van der Waals surface area contributed by atoms with Gasteiger partial charge in [0.25, 0.3) is 0 Å². The molecule has 0 saturated carbocycles. The molecule has 3 rings (SSSR count). The first kappa shape index (κ1) is 17.3. The number of hydrogen-bond donors (Lipinski definition) is 0. The highest BCUT2D eigenvalue weighted by atomic mass is 16.5. The fourth-order valence-corrected chi connectivity index (χ4v) is 3.94. The summed E-state index contributed by atoms with van der Waals surface area (Å²) in [5, 5.41) is 0. The molecule has 6 nitrogen and oxygen atoms in total. The molecule has 2 aliphatic rings. The number of piperidine rings is 1. The van der Waals surface area contributed by atoms with Crippen LogP contribution in [0.2, 0.25) is 0 Å². The molecule has 3 heterocycles. The number of carbonyl (C=O) groups excluding carboxylic acids is 1. The Balaban J connectivity index is 1.61. The summed E-state index contributed by atoms with van der Waals surface area (Å²) >= 11 is 0. The molecule has 1 aromatic rings. The normalized spacial score (nSPS) is 25.1. The highest BCUT2D eigenvalue weighted by Crippen LogP contribution is 2.25. The summed E-state index contributed by atoms with van der Waals surface area (Å²) in [5.41, 5.74) is 0.977. The Morgan fingerprint density at radius 3 is 2.79 bits per heavy atom. The SMILES string of the molecule is CO[C@H]1CCCN(Cc2cnccn2)[C@H]1CCC(=O)N1CCCC1. The summed E-state index contributed by atoms with van der Waals surface area (Å²) in [6, 6.07) is 0.275. The molecule has 1 amide bonds. The molecule has 2 fully saturated rings. The van der Waals surface area contributed by atoms with Crippen molar-refractivity contribution in [2.24, 2.45) is 0 Å². The maximum absolute atomic E-state index is 12.4. The molecule has 0 aliphatic carbocycles. The van der Waals surface area contributed by atoms with Gasteiger partial charge in [0.15, 0.2) is 0 Å². The quantitative estimate of drug-likeness (QED) is 0.796. The van der Waals surface area contributed by atoms with E-state index in [0.29, 0.717) is 12.3 Å². The van der Waals surface area contributed by atoms with Crippen LogP contribution in [0.15, 0.2) is 18.6 Å². The first-order valence-corrected chi connectivity index (χ1v) is 9.07. The van der Waals surface area contributed by atoms with Gasteiger partial charge in [-0.25, -0.2) is 0 Å². The molecule has 0 spiro atoms. The van der Waals surface area contributed by atoms with E-state index >= 15 is 0 Å². The summed E-state index contributed by atoms with van der Waals surface area (Å²) in [7, 11) is 1.78. The minimum absolute atomic E-state index is 0.196. The molecule has 0 aromatic carbocycles. The van der Waals surface area contributed by atoms with Gasteiger partial charge in [-0.15, -0.1) is 0 Å². The number of carbonyl (C=O) groups is 1. The van der Waals surface area contributed by atoms with Crippen LogP contribution in [0, 0.1) is 0 Å². The Morgan fingerprint density at radius 2 is 2.08 bits per heavy atom. The van der Waals surface area contributed by atoms with Gasteiger partial charge in [-0.1, -0.05) is 0 Å². The van der Waals surface area contributed by atoms with Crippen molar-refractivity contribution >= 4 is 5.91 Å². The third-order valence-corrected chi connectivity index (χ3v) is 5.23. The van der Waals surface area contributed by atoms with Crippen molar-refractivity contribution < 1.29 is 9.53 Å². The Bertz CT molecular complexity index is 519. The van der Waals surface area contributed by atoms with Crippen LogP contribution in [0.3, 0.4) is 0 Å². The van der Waals surface area contributed by atoms with Crippen molar-refractivity contribution in [3.63, 3.8) is 0 Å². The zero-order valence-corrected chi connectivity index (χ0v) is 14.6. The van der Waals surface area contributed by atoms with Crippen molar-refractivity contribution in [2.45, 2.75) is 57.2 Å². The molecule has 132 valence electrons. The smallest absolute Gasteiger partial charge is 0.222 e. The van der Waals surface area contributed by atoms with E-state index in [1.54, 1.807) is 19.5 Å². The first-order valence-electron chi connectivity index (χ1n) is 9.07. The van der Waals surface area contributed by atoms with Gasteiger partial charge in [-0.2, -0.15) is 0 Å². The number of ether oxygens (including phenoxy) is 1. The number of rotatable bonds is 6. The van der Waals surface area contributed by atoms with Crippen LogP contribution in [0.25, 0.3) is 0 Å². The van der Waals surface area contributed by atoms with Crippen molar-refractivity contribution in [3.8, 4) is 0 Å². The van der Waals surface area contributed by atoms with E-state index in [2.05, 4.69) is 14.9 Å². The van der Waals surface area contributed by atoms with Gasteiger partial charge in [0.05, 0.1) is 11.8 Å². The van der Waals surface area contributed by atoms with Crippen LogP contribution >= 0.6 is 0 Å². The first-order chi connectivity index (χ1) is 11.8. The van der Waals surface area contributed by atoms with Crippen LogP contribution < -0.4 is 0 Å². The largest absolute Gasteiger partial charge is 0.380 e. The van der Waals surface area contributed by atoms with Crippen molar-refractivity contribution in [3.05, 3.63) is 24.3 Å². The third kappa shape index (κ3) is 4.30. The molecule has 0 N–H and O–H groups in total. The fraction of sp³-hybridized carbons (Fsp3) is 0.722. The second kappa shape index (κ2) is 8.53. The van der Waals surface area contributed by atoms with E-state index in [1.165, 1.54) is 0 Å². The molecule has 2 saturated heterocycles. The molecule has 2 atom stereocenters. The average molecular weight is 332 g/mol. The number of likely N-dealkylation sites (tertiary alicyclic amines) is 2. The Kier molecular flexibility index (Phi) is 6.15. The third-order valence-electron chi connectivity index (χ3n) is 5.23. The van der Waals surface area contributed by atoms with Gasteiger partial charge in [0.1, 0.15) is 0 Å². The summed E-state index contributed by atoms with van der Waals surface area (Å²) in [6.07, 6.45) is 11.4.